The Morgan fingerprint density at radius 2 is 2.22 bits per heavy atom. The average Bonchev–Trinajstić information content (AvgIpc) is 2.14. The van der Waals surface area contributed by atoms with Crippen LogP contribution in [-0.4, -0.2) is 5.78 Å². The molecule has 0 aromatic carbocycles. The van der Waals surface area contributed by atoms with Crippen LogP contribution in [0.15, 0.2) is 0 Å². The second-order valence-electron chi connectivity index (χ2n) is 2.99. The van der Waals surface area contributed by atoms with Crippen LogP contribution in [0.3, 0.4) is 0 Å². The van der Waals surface area contributed by atoms with E-state index in [0.29, 0.717) is 17.6 Å². The molecule has 0 saturated heterocycles. The molecule has 0 aromatic rings. The lowest BCUT2D eigenvalue weighted by Crippen LogP contribution is -2.05. The molecule has 0 N–H and O–H groups in total. The first-order chi connectivity index (χ1) is 4.20. The van der Waals surface area contributed by atoms with Gasteiger partial charge in [0.05, 0.1) is 12.8 Å². The number of rotatable bonds is 1. The summed E-state index contributed by atoms with van der Waals surface area (Å²) in [6.45, 7) is 5.60. The largest absolute Gasteiger partial charge is 0.300 e. The van der Waals surface area contributed by atoms with Crippen molar-refractivity contribution in [2.24, 2.45) is 11.8 Å². The van der Waals surface area contributed by atoms with Gasteiger partial charge < -0.3 is 0 Å². The third kappa shape index (κ3) is 1.47. The van der Waals surface area contributed by atoms with Crippen LogP contribution in [0.5, 0.6) is 0 Å². The van der Waals surface area contributed by atoms with Gasteiger partial charge in [0.15, 0.2) is 0 Å². The van der Waals surface area contributed by atoms with Gasteiger partial charge in [-0.1, -0.05) is 0 Å². The highest BCUT2D eigenvalue weighted by atomic mass is 16.1. The van der Waals surface area contributed by atoms with E-state index < -0.39 is 0 Å². The van der Waals surface area contributed by atoms with Crippen LogP contribution in [0.4, 0.5) is 0 Å². The summed E-state index contributed by atoms with van der Waals surface area (Å²) in [5.41, 5.74) is 0. The number of carbonyl (C=O) groups excluding carboxylic acids is 1. The van der Waals surface area contributed by atoms with E-state index in [2.05, 4.69) is 6.92 Å². The van der Waals surface area contributed by atoms with E-state index in [9.17, 15) is 4.79 Å². The summed E-state index contributed by atoms with van der Waals surface area (Å²) in [6.07, 6.45) is 3.24. The van der Waals surface area contributed by atoms with E-state index >= 15 is 0 Å². The molecule has 1 saturated carbocycles. The molecule has 1 heteroatoms. The molecule has 1 rings (SSSR count). The fourth-order valence-corrected chi connectivity index (χ4v) is 1.44. The topological polar surface area (TPSA) is 17.1 Å². The van der Waals surface area contributed by atoms with Crippen molar-refractivity contribution in [3.63, 3.8) is 0 Å². The summed E-state index contributed by atoms with van der Waals surface area (Å²) in [6, 6.07) is 0. The normalized spacial score (nSPS) is 34.8. The fraction of sp³-hybridized carbons (Fsp3) is 0.750. The summed E-state index contributed by atoms with van der Waals surface area (Å²) in [4.78, 5) is 10.8. The predicted molar refractivity (Wildman–Crippen MR) is 36.9 cm³/mol. The minimum atomic E-state index is 0.340. The summed E-state index contributed by atoms with van der Waals surface area (Å²) < 4.78 is 0. The van der Waals surface area contributed by atoms with Gasteiger partial charge in [0.25, 0.3) is 0 Å². The zero-order valence-electron chi connectivity index (χ0n) is 5.89. The molecule has 0 spiro atoms. The number of hydrogen-bond donors (Lipinski definition) is 0. The van der Waals surface area contributed by atoms with Crippen molar-refractivity contribution in [3.05, 3.63) is 6.92 Å². The van der Waals surface area contributed by atoms with Gasteiger partial charge in [-0.3, -0.25) is 4.79 Å². The van der Waals surface area contributed by atoms with Crippen molar-refractivity contribution in [1.29, 1.82) is 0 Å². The van der Waals surface area contributed by atoms with E-state index in [1.165, 1.54) is 0 Å². The molecular formula is C8H13O+. The number of ketones is 1. The summed E-state index contributed by atoms with van der Waals surface area (Å²) in [7, 11) is 0. The Balaban J connectivity index is 2.39. The molecule has 0 aliphatic heterocycles. The molecule has 2 atom stereocenters. The second-order valence-corrected chi connectivity index (χ2v) is 2.99. The summed E-state index contributed by atoms with van der Waals surface area (Å²) in [5, 5.41) is 0. The lowest BCUT2D eigenvalue weighted by Gasteiger charge is -1.99. The van der Waals surface area contributed by atoms with Gasteiger partial charge in [0.1, 0.15) is 5.78 Å². The maximum Gasteiger partial charge on any atom is 0.133 e. The second kappa shape index (κ2) is 2.42. The Morgan fingerprint density at radius 1 is 1.56 bits per heavy atom. The van der Waals surface area contributed by atoms with E-state index in [1.54, 1.807) is 6.92 Å². The van der Waals surface area contributed by atoms with Crippen LogP contribution in [-0.2, 0) is 4.79 Å². The monoisotopic (exact) mass is 125 g/mol. The highest BCUT2D eigenvalue weighted by Crippen LogP contribution is 2.30. The highest BCUT2D eigenvalue weighted by molar-refractivity contribution is 5.78. The van der Waals surface area contributed by atoms with Gasteiger partial charge in [-0.15, -0.1) is 0 Å². The third-order valence-corrected chi connectivity index (χ3v) is 2.12. The molecule has 0 bridgehead atoms. The van der Waals surface area contributed by atoms with Gasteiger partial charge >= 0.3 is 0 Å². The predicted octanol–water partition coefficient (Wildman–Crippen LogP) is 1.83. The van der Waals surface area contributed by atoms with E-state index in [4.69, 9.17) is 0 Å². The van der Waals surface area contributed by atoms with Crippen LogP contribution < -0.4 is 0 Å². The molecule has 1 nitrogen and oxygen atoms in total. The number of carbonyl (C=O) groups is 1. The van der Waals surface area contributed by atoms with E-state index in [0.717, 1.165) is 19.3 Å². The maximum atomic E-state index is 10.8. The standard InChI is InChI=1S/C8H13O/c1-6-3-4-8(5-6)7(2)9/h6,8H,1,3-5H2,2H3/q+1/t6-,8+/m0/s1. The molecule has 50 valence electrons. The summed E-state index contributed by atoms with van der Waals surface area (Å²) >= 11 is 0. The molecule has 1 aliphatic rings. The maximum absolute atomic E-state index is 10.8. The van der Waals surface area contributed by atoms with Crippen molar-refractivity contribution in [3.8, 4) is 0 Å². The molecule has 0 heterocycles. The first-order valence-corrected chi connectivity index (χ1v) is 3.53. The van der Waals surface area contributed by atoms with Gasteiger partial charge in [-0.05, 0) is 26.2 Å². The first-order valence-electron chi connectivity index (χ1n) is 3.53. The lowest BCUT2D eigenvalue weighted by atomic mass is 10.0. The van der Waals surface area contributed by atoms with E-state index in [1.807, 2.05) is 0 Å². The zero-order chi connectivity index (χ0) is 6.85. The minimum absolute atomic E-state index is 0.340. The molecule has 0 amide bonds. The summed E-state index contributed by atoms with van der Waals surface area (Å²) in [5.74, 6) is 1.23. The van der Waals surface area contributed by atoms with E-state index in [-0.39, 0.29) is 0 Å². The highest BCUT2D eigenvalue weighted by Gasteiger charge is 2.28. The first kappa shape index (κ1) is 6.66. The van der Waals surface area contributed by atoms with Crippen LogP contribution in [0.1, 0.15) is 26.2 Å². The average molecular weight is 125 g/mol. The number of hydrogen-bond acceptors (Lipinski definition) is 1. The molecule has 0 radical (unpaired) electrons. The lowest BCUT2D eigenvalue weighted by molar-refractivity contribution is -0.120. The molecule has 1 aliphatic carbocycles. The molecule has 0 aromatic heterocycles. The third-order valence-electron chi connectivity index (χ3n) is 2.12. The van der Waals surface area contributed by atoms with Crippen LogP contribution in [0.2, 0.25) is 0 Å². The Hall–Kier alpha value is -0.460. The molecule has 0 unspecified atom stereocenters. The smallest absolute Gasteiger partial charge is 0.133 e. The fourth-order valence-electron chi connectivity index (χ4n) is 1.44. The van der Waals surface area contributed by atoms with Crippen molar-refractivity contribution in [2.45, 2.75) is 26.2 Å². The Morgan fingerprint density at radius 3 is 2.44 bits per heavy atom. The Labute approximate surface area is 56.4 Å². The van der Waals surface area contributed by atoms with Gasteiger partial charge in [-0.25, -0.2) is 0 Å². The SMILES string of the molecule is [CH2+][C@H]1CC[C@@H](C(C)=O)C1. The molecule has 9 heavy (non-hydrogen) atoms. The van der Waals surface area contributed by atoms with Crippen molar-refractivity contribution in [2.75, 3.05) is 0 Å². The van der Waals surface area contributed by atoms with Crippen LogP contribution in [0, 0.1) is 18.8 Å². The van der Waals surface area contributed by atoms with Crippen LogP contribution >= 0.6 is 0 Å². The molecule has 1 fully saturated rings. The Bertz CT molecular complexity index is 118. The van der Waals surface area contributed by atoms with Crippen molar-refractivity contribution < 1.29 is 4.79 Å². The van der Waals surface area contributed by atoms with Crippen molar-refractivity contribution in [1.82, 2.24) is 0 Å². The van der Waals surface area contributed by atoms with Gasteiger partial charge in [0.2, 0.25) is 0 Å². The van der Waals surface area contributed by atoms with Crippen LogP contribution in [0.25, 0.3) is 0 Å². The zero-order valence-corrected chi connectivity index (χ0v) is 5.89. The van der Waals surface area contributed by atoms with Gasteiger partial charge in [-0.2, -0.15) is 0 Å². The van der Waals surface area contributed by atoms with Crippen molar-refractivity contribution >= 4 is 5.78 Å². The van der Waals surface area contributed by atoms with Gasteiger partial charge in [0, 0.05) is 5.92 Å². The molecular weight excluding hydrogens is 112 g/mol. The Kier molecular flexibility index (Phi) is 1.79. The quantitative estimate of drug-likeness (QED) is 0.488. The number of Topliss-reactive ketones (excluding diaryl/α,β-unsaturated/α-hetero) is 1. The minimum Gasteiger partial charge on any atom is -0.300 e.